The molecule has 2 heterocycles. The van der Waals surface area contributed by atoms with E-state index in [1.54, 1.807) is 0 Å². The average Bonchev–Trinajstić information content (AvgIpc) is 2.74. The maximum absolute atomic E-state index is 13.0. The zero-order valence-corrected chi connectivity index (χ0v) is 16.7. The van der Waals surface area contributed by atoms with Crippen molar-refractivity contribution in [2.45, 2.75) is 11.8 Å². The highest BCUT2D eigenvalue weighted by atomic mass is 32.2. The number of rotatable bonds is 4. The van der Waals surface area contributed by atoms with E-state index in [2.05, 4.69) is 0 Å². The number of benzene rings is 2. The molecule has 8 nitrogen and oxygen atoms in total. The Balaban J connectivity index is 1.56. The van der Waals surface area contributed by atoms with Crippen LogP contribution in [0.3, 0.4) is 0 Å². The Hall–Kier alpha value is -3.04. The summed E-state index contributed by atoms with van der Waals surface area (Å²) in [7, 11) is -3.94. The van der Waals surface area contributed by atoms with Crippen LogP contribution in [0.2, 0.25) is 0 Å². The molecule has 4 rings (SSSR count). The molecule has 0 bridgehead atoms. The smallest absolute Gasteiger partial charge is 0.289 e. The lowest BCUT2D eigenvalue weighted by Crippen LogP contribution is -2.49. The van der Waals surface area contributed by atoms with Crippen molar-refractivity contribution >= 4 is 32.4 Å². The number of nitro groups is 1. The second kappa shape index (κ2) is 7.41. The number of para-hydroxylation sites is 2. The summed E-state index contributed by atoms with van der Waals surface area (Å²) in [6.07, 6.45) is 0. The first-order valence-electron chi connectivity index (χ1n) is 9.23. The van der Waals surface area contributed by atoms with Gasteiger partial charge in [0.25, 0.3) is 5.69 Å². The van der Waals surface area contributed by atoms with Gasteiger partial charge >= 0.3 is 0 Å². The molecule has 29 heavy (non-hydrogen) atoms. The number of pyridine rings is 1. The molecule has 1 fully saturated rings. The van der Waals surface area contributed by atoms with E-state index in [1.165, 1.54) is 28.6 Å². The highest BCUT2D eigenvalue weighted by Crippen LogP contribution is 2.28. The van der Waals surface area contributed by atoms with E-state index in [4.69, 9.17) is 4.98 Å². The van der Waals surface area contributed by atoms with E-state index < -0.39 is 20.6 Å². The molecule has 0 aliphatic carbocycles. The summed E-state index contributed by atoms with van der Waals surface area (Å²) in [6.45, 7) is 3.43. The molecule has 9 heteroatoms. The maximum atomic E-state index is 13.0. The molecule has 2 aromatic carbocycles. The van der Waals surface area contributed by atoms with Crippen LogP contribution >= 0.6 is 0 Å². The molecule has 1 aliphatic heterocycles. The molecule has 1 aromatic heterocycles. The van der Waals surface area contributed by atoms with Gasteiger partial charge in [0, 0.05) is 37.6 Å². The van der Waals surface area contributed by atoms with Crippen LogP contribution in [-0.2, 0) is 10.0 Å². The number of hydrogen-bond donors (Lipinski definition) is 0. The molecule has 150 valence electrons. The number of piperazine rings is 1. The van der Waals surface area contributed by atoms with Crippen molar-refractivity contribution in [2.75, 3.05) is 31.1 Å². The summed E-state index contributed by atoms with van der Waals surface area (Å²) in [5, 5.41) is 12.3. The lowest BCUT2D eigenvalue weighted by atomic mass is 10.1. The van der Waals surface area contributed by atoms with Crippen molar-refractivity contribution in [3.63, 3.8) is 0 Å². The van der Waals surface area contributed by atoms with Crippen LogP contribution in [0.25, 0.3) is 10.9 Å². The number of sulfonamides is 1. The SMILES string of the molecule is Cc1cc(N2CCN(S(=O)(=O)c3ccccc3[N+](=O)[O-])CC2)nc2ccccc12. The number of fused-ring (bicyclic) bond motifs is 1. The first-order valence-corrected chi connectivity index (χ1v) is 10.7. The predicted molar refractivity (Wildman–Crippen MR) is 111 cm³/mol. The second-order valence-corrected chi connectivity index (χ2v) is 8.84. The van der Waals surface area contributed by atoms with Crippen molar-refractivity contribution in [2.24, 2.45) is 0 Å². The van der Waals surface area contributed by atoms with Gasteiger partial charge in [-0.2, -0.15) is 4.31 Å². The number of aromatic nitrogens is 1. The number of anilines is 1. The van der Waals surface area contributed by atoms with Gasteiger partial charge in [0.2, 0.25) is 10.0 Å². The van der Waals surface area contributed by atoms with Crippen molar-refractivity contribution in [1.29, 1.82) is 0 Å². The van der Waals surface area contributed by atoms with Gasteiger partial charge in [-0.3, -0.25) is 10.1 Å². The molecule has 0 atom stereocenters. The van der Waals surface area contributed by atoms with E-state index in [1.807, 2.05) is 42.2 Å². The highest BCUT2D eigenvalue weighted by molar-refractivity contribution is 7.89. The van der Waals surface area contributed by atoms with Gasteiger partial charge in [0.15, 0.2) is 4.90 Å². The van der Waals surface area contributed by atoms with Gasteiger partial charge in [-0.25, -0.2) is 13.4 Å². The maximum Gasteiger partial charge on any atom is 0.289 e. The molecule has 0 saturated carbocycles. The molecule has 1 saturated heterocycles. The van der Waals surface area contributed by atoms with Crippen molar-refractivity contribution in [1.82, 2.24) is 9.29 Å². The zero-order valence-electron chi connectivity index (χ0n) is 15.9. The van der Waals surface area contributed by atoms with Crippen molar-refractivity contribution in [3.8, 4) is 0 Å². The minimum absolute atomic E-state index is 0.238. The van der Waals surface area contributed by atoms with Gasteiger partial charge in [-0.1, -0.05) is 30.3 Å². The first-order chi connectivity index (χ1) is 13.9. The van der Waals surface area contributed by atoms with Gasteiger partial charge < -0.3 is 4.90 Å². The molecular formula is C20H20N4O4S. The highest BCUT2D eigenvalue weighted by Gasteiger charge is 2.33. The standard InChI is InChI=1S/C20H20N4O4S/c1-15-14-20(21-17-7-3-2-6-16(15)17)22-10-12-23(13-11-22)29(27,28)19-9-5-4-8-18(19)24(25)26/h2-9,14H,10-13H2,1H3. The molecule has 0 spiro atoms. The Morgan fingerprint density at radius 1 is 1.00 bits per heavy atom. The largest absolute Gasteiger partial charge is 0.354 e. The molecule has 0 N–H and O–H groups in total. The van der Waals surface area contributed by atoms with E-state index >= 15 is 0 Å². The van der Waals surface area contributed by atoms with Gasteiger partial charge in [-0.05, 0) is 30.7 Å². The topological polar surface area (TPSA) is 96.7 Å². The van der Waals surface area contributed by atoms with Crippen molar-refractivity contribution in [3.05, 3.63) is 70.3 Å². The third-order valence-electron chi connectivity index (χ3n) is 5.15. The minimum atomic E-state index is -3.94. The molecule has 0 radical (unpaired) electrons. The van der Waals surface area contributed by atoms with Crippen LogP contribution in [0, 0.1) is 17.0 Å². The van der Waals surface area contributed by atoms with Crippen LogP contribution < -0.4 is 4.90 Å². The summed E-state index contributed by atoms with van der Waals surface area (Å²) in [6, 6.07) is 15.4. The summed E-state index contributed by atoms with van der Waals surface area (Å²) in [4.78, 5) is 17.1. The van der Waals surface area contributed by atoms with Crippen LogP contribution in [0.15, 0.2) is 59.5 Å². The minimum Gasteiger partial charge on any atom is -0.354 e. The Labute approximate surface area is 168 Å². The third kappa shape index (κ3) is 3.54. The fourth-order valence-corrected chi connectivity index (χ4v) is 5.20. The molecular weight excluding hydrogens is 392 g/mol. The fraction of sp³-hybridized carbons (Fsp3) is 0.250. The fourth-order valence-electron chi connectivity index (χ4n) is 3.62. The molecule has 1 aliphatic rings. The number of aryl methyl sites for hydroxylation is 1. The van der Waals surface area contributed by atoms with Crippen LogP contribution in [0.5, 0.6) is 0 Å². The van der Waals surface area contributed by atoms with Gasteiger partial charge in [0.1, 0.15) is 5.82 Å². The quantitative estimate of drug-likeness (QED) is 0.483. The Morgan fingerprint density at radius 3 is 2.38 bits per heavy atom. The van der Waals surface area contributed by atoms with E-state index in [-0.39, 0.29) is 18.0 Å². The van der Waals surface area contributed by atoms with E-state index in [9.17, 15) is 18.5 Å². The Bertz CT molecular complexity index is 1190. The summed E-state index contributed by atoms with van der Waals surface area (Å²) in [5.41, 5.74) is 1.61. The molecule has 3 aromatic rings. The van der Waals surface area contributed by atoms with Crippen LogP contribution in [0.1, 0.15) is 5.56 Å². The predicted octanol–water partition coefficient (Wildman–Crippen LogP) is 2.96. The second-order valence-electron chi connectivity index (χ2n) is 6.93. The summed E-state index contributed by atoms with van der Waals surface area (Å²) >= 11 is 0. The Morgan fingerprint density at radius 2 is 1.66 bits per heavy atom. The Kier molecular flexibility index (Phi) is 4.93. The van der Waals surface area contributed by atoms with E-state index in [0.29, 0.717) is 13.1 Å². The lowest BCUT2D eigenvalue weighted by molar-refractivity contribution is -0.387. The first kappa shape index (κ1) is 19.3. The number of nitro benzene ring substituents is 1. The van der Waals surface area contributed by atoms with Crippen LogP contribution in [0.4, 0.5) is 11.5 Å². The lowest BCUT2D eigenvalue weighted by Gasteiger charge is -2.34. The summed E-state index contributed by atoms with van der Waals surface area (Å²) in [5.74, 6) is 0.809. The summed E-state index contributed by atoms with van der Waals surface area (Å²) < 4.78 is 27.2. The van der Waals surface area contributed by atoms with Gasteiger partial charge in [-0.15, -0.1) is 0 Å². The number of hydrogen-bond acceptors (Lipinski definition) is 6. The van der Waals surface area contributed by atoms with Gasteiger partial charge in [0.05, 0.1) is 10.4 Å². The van der Waals surface area contributed by atoms with Crippen molar-refractivity contribution < 1.29 is 13.3 Å². The molecule has 0 unspecified atom stereocenters. The zero-order chi connectivity index (χ0) is 20.6. The normalized spacial score (nSPS) is 15.6. The number of nitrogens with zero attached hydrogens (tertiary/aromatic N) is 4. The van der Waals surface area contributed by atoms with E-state index in [0.717, 1.165) is 22.3 Å². The monoisotopic (exact) mass is 412 g/mol. The molecule has 0 amide bonds. The third-order valence-corrected chi connectivity index (χ3v) is 7.10. The average molecular weight is 412 g/mol. The van der Waals surface area contributed by atoms with Crippen LogP contribution in [-0.4, -0.2) is 48.8 Å².